The molecule has 0 aliphatic carbocycles. The van der Waals surface area contributed by atoms with Gasteiger partial charge in [0.1, 0.15) is 6.11 Å². The Morgan fingerprint density at radius 2 is 1.94 bits per heavy atom. The maximum absolute atomic E-state index is 11.6. The summed E-state index contributed by atoms with van der Waals surface area (Å²) in [6.07, 6.45) is 2.45. The number of halogens is 1. The molecule has 0 heterocycles. The van der Waals surface area contributed by atoms with Crippen molar-refractivity contribution in [2.24, 2.45) is 5.41 Å². The molecule has 16 heavy (non-hydrogen) atoms. The molecule has 0 fully saturated rings. The second kappa shape index (κ2) is 5.35. The maximum atomic E-state index is 11.6. The molecule has 84 valence electrons. The molecule has 0 unspecified atom stereocenters. The second-order valence-electron chi connectivity index (χ2n) is 4.35. The lowest BCUT2D eigenvalue weighted by atomic mass is 9.99. The van der Waals surface area contributed by atoms with Gasteiger partial charge < -0.3 is 4.74 Å². The van der Waals surface area contributed by atoms with Crippen molar-refractivity contribution in [3.05, 3.63) is 33.4 Å². The van der Waals surface area contributed by atoms with E-state index in [1.165, 1.54) is 0 Å². The van der Waals surface area contributed by atoms with Crippen molar-refractivity contribution in [1.29, 1.82) is 0 Å². The summed E-state index contributed by atoms with van der Waals surface area (Å²) in [5, 5.41) is 0. The molecule has 0 saturated carbocycles. The molecule has 0 aliphatic rings. The zero-order valence-electron chi connectivity index (χ0n) is 9.50. The van der Waals surface area contributed by atoms with Crippen LogP contribution in [0.5, 0.6) is 0 Å². The summed E-state index contributed by atoms with van der Waals surface area (Å²) in [5.74, 6) is 2.45. The van der Waals surface area contributed by atoms with Gasteiger partial charge in [-0.1, -0.05) is 18.1 Å². The lowest BCUT2D eigenvalue weighted by Crippen LogP contribution is -2.05. The third-order valence-corrected chi connectivity index (χ3v) is 2.60. The van der Waals surface area contributed by atoms with Crippen molar-refractivity contribution < 1.29 is 9.53 Å². The van der Waals surface area contributed by atoms with Crippen LogP contribution in [-0.4, -0.2) is 5.97 Å². The average Bonchev–Trinajstić information content (AvgIpc) is 2.16. The minimum absolute atomic E-state index is 0.163. The van der Waals surface area contributed by atoms with Crippen molar-refractivity contribution in [3.63, 3.8) is 0 Å². The molecule has 1 aromatic carbocycles. The van der Waals surface area contributed by atoms with Crippen LogP contribution in [0.4, 0.5) is 0 Å². The lowest BCUT2D eigenvalue weighted by Gasteiger charge is -2.06. The standard InChI is InChI=1S/C13H13IO2/c1-13(2,3)8-9-16-12(15)10-6-4-5-7-11(10)14/h4-7H,1-3H3. The van der Waals surface area contributed by atoms with Crippen molar-refractivity contribution in [2.45, 2.75) is 20.8 Å². The number of carbonyl (C=O) groups is 1. The smallest absolute Gasteiger partial charge is 0.353 e. The summed E-state index contributed by atoms with van der Waals surface area (Å²) in [6.45, 7) is 5.88. The maximum Gasteiger partial charge on any atom is 0.353 e. The first kappa shape index (κ1) is 13.0. The number of benzene rings is 1. The fraction of sp³-hybridized carbons (Fsp3) is 0.308. The summed E-state index contributed by atoms with van der Waals surface area (Å²) >= 11 is 2.09. The minimum atomic E-state index is -0.401. The van der Waals surface area contributed by atoms with Crippen molar-refractivity contribution in [1.82, 2.24) is 0 Å². The number of hydrogen-bond acceptors (Lipinski definition) is 2. The van der Waals surface area contributed by atoms with E-state index in [0.717, 1.165) is 3.57 Å². The van der Waals surface area contributed by atoms with Crippen LogP contribution in [0.15, 0.2) is 24.3 Å². The van der Waals surface area contributed by atoms with Gasteiger partial charge in [0.2, 0.25) is 0 Å². The Labute approximate surface area is 110 Å². The summed E-state index contributed by atoms with van der Waals surface area (Å²) in [7, 11) is 0. The van der Waals surface area contributed by atoms with Crippen molar-refractivity contribution >= 4 is 28.6 Å². The molecule has 0 atom stereocenters. The first-order chi connectivity index (χ1) is 7.40. The van der Waals surface area contributed by atoms with Gasteiger partial charge in [0, 0.05) is 8.99 Å². The molecule has 1 rings (SSSR count). The van der Waals surface area contributed by atoms with Crippen LogP contribution < -0.4 is 0 Å². The zero-order valence-corrected chi connectivity index (χ0v) is 11.7. The molecule has 0 N–H and O–H groups in total. The Balaban J connectivity index is 2.74. The number of esters is 1. The SMILES string of the molecule is CC(C)(C)C#COC(=O)c1ccccc1I. The summed E-state index contributed by atoms with van der Waals surface area (Å²) in [5.41, 5.74) is 0.385. The Bertz CT molecular complexity index is 447. The molecule has 0 spiro atoms. The predicted octanol–water partition coefficient (Wildman–Crippen LogP) is 3.46. The molecule has 1 aromatic rings. The van der Waals surface area contributed by atoms with Crippen LogP contribution in [-0.2, 0) is 4.74 Å². The van der Waals surface area contributed by atoms with E-state index in [0.29, 0.717) is 5.56 Å². The number of carbonyl (C=O) groups excluding carboxylic acids is 1. The van der Waals surface area contributed by atoms with E-state index < -0.39 is 5.97 Å². The van der Waals surface area contributed by atoms with E-state index in [2.05, 4.69) is 34.6 Å². The quantitative estimate of drug-likeness (QED) is 0.448. The van der Waals surface area contributed by atoms with Gasteiger partial charge in [-0.05, 0) is 55.5 Å². The molecule has 0 aromatic heterocycles. The van der Waals surface area contributed by atoms with Gasteiger partial charge >= 0.3 is 5.97 Å². The molecule has 0 amide bonds. The van der Waals surface area contributed by atoms with Crippen molar-refractivity contribution in [3.8, 4) is 12.0 Å². The second-order valence-corrected chi connectivity index (χ2v) is 5.51. The van der Waals surface area contributed by atoms with Crippen LogP contribution in [0.25, 0.3) is 0 Å². The molecule has 0 aliphatic heterocycles. The molecule has 3 heteroatoms. The molecular weight excluding hydrogens is 315 g/mol. The Morgan fingerprint density at radius 1 is 1.31 bits per heavy atom. The molecule has 0 radical (unpaired) electrons. The highest BCUT2D eigenvalue weighted by molar-refractivity contribution is 14.1. The van der Waals surface area contributed by atoms with Gasteiger partial charge in [-0.2, -0.15) is 0 Å². The fourth-order valence-electron chi connectivity index (χ4n) is 0.907. The van der Waals surface area contributed by atoms with Gasteiger partial charge in [0.05, 0.1) is 5.56 Å². The number of rotatable bonds is 1. The normalized spacial score (nSPS) is 10.2. The molecule has 0 bridgehead atoms. The van der Waals surface area contributed by atoms with Crippen LogP contribution in [0.1, 0.15) is 31.1 Å². The van der Waals surface area contributed by atoms with Gasteiger partial charge in [-0.25, -0.2) is 4.79 Å². The fourth-order valence-corrected chi connectivity index (χ4v) is 1.51. The van der Waals surface area contributed by atoms with E-state index in [1.54, 1.807) is 12.1 Å². The van der Waals surface area contributed by atoms with Crippen LogP contribution in [0.2, 0.25) is 0 Å². The third-order valence-electron chi connectivity index (χ3n) is 1.66. The van der Waals surface area contributed by atoms with Crippen LogP contribution in [0, 0.1) is 21.0 Å². The highest BCUT2D eigenvalue weighted by atomic mass is 127. The van der Waals surface area contributed by atoms with Gasteiger partial charge in [0.25, 0.3) is 0 Å². The minimum Gasteiger partial charge on any atom is -0.368 e. The molecular formula is C13H13IO2. The number of hydrogen-bond donors (Lipinski definition) is 0. The van der Waals surface area contributed by atoms with E-state index in [4.69, 9.17) is 4.74 Å². The monoisotopic (exact) mass is 328 g/mol. The third kappa shape index (κ3) is 4.23. The molecule has 0 saturated heterocycles. The van der Waals surface area contributed by atoms with Crippen LogP contribution in [0.3, 0.4) is 0 Å². The summed E-state index contributed by atoms with van der Waals surface area (Å²) in [6, 6.07) is 7.26. The zero-order chi connectivity index (χ0) is 12.2. The summed E-state index contributed by atoms with van der Waals surface area (Å²) < 4.78 is 5.74. The average molecular weight is 328 g/mol. The highest BCUT2D eigenvalue weighted by Gasteiger charge is 2.10. The summed E-state index contributed by atoms with van der Waals surface area (Å²) in [4.78, 5) is 11.6. The van der Waals surface area contributed by atoms with Crippen LogP contribution >= 0.6 is 22.6 Å². The number of ether oxygens (including phenoxy) is 1. The van der Waals surface area contributed by atoms with Crippen molar-refractivity contribution in [2.75, 3.05) is 0 Å². The van der Waals surface area contributed by atoms with E-state index in [-0.39, 0.29) is 5.41 Å². The van der Waals surface area contributed by atoms with E-state index in [1.807, 2.05) is 32.9 Å². The van der Waals surface area contributed by atoms with Gasteiger partial charge in [-0.15, -0.1) is 0 Å². The van der Waals surface area contributed by atoms with E-state index >= 15 is 0 Å². The molecule has 2 nitrogen and oxygen atoms in total. The van der Waals surface area contributed by atoms with Gasteiger partial charge in [0.15, 0.2) is 0 Å². The Kier molecular flexibility index (Phi) is 4.36. The first-order valence-corrected chi connectivity index (χ1v) is 5.96. The lowest BCUT2D eigenvalue weighted by molar-refractivity contribution is 0.0688. The first-order valence-electron chi connectivity index (χ1n) is 4.88. The Hall–Kier alpha value is -1.02. The van der Waals surface area contributed by atoms with E-state index in [9.17, 15) is 4.79 Å². The predicted molar refractivity (Wildman–Crippen MR) is 71.8 cm³/mol. The largest absolute Gasteiger partial charge is 0.368 e. The van der Waals surface area contributed by atoms with Gasteiger partial charge in [-0.3, -0.25) is 0 Å². The highest BCUT2D eigenvalue weighted by Crippen LogP contribution is 2.13. The Morgan fingerprint density at radius 3 is 2.50 bits per heavy atom. The topological polar surface area (TPSA) is 26.3 Å².